The predicted molar refractivity (Wildman–Crippen MR) is 66.9 cm³/mol. The summed E-state index contributed by atoms with van der Waals surface area (Å²) in [6.07, 6.45) is -2.26. The number of alkyl halides is 3. The molecule has 1 aromatic rings. The average Bonchev–Trinajstić information content (AvgIpc) is 2.36. The van der Waals surface area contributed by atoms with Gasteiger partial charge in [0.15, 0.2) is 0 Å². The van der Waals surface area contributed by atoms with Crippen molar-refractivity contribution in [2.75, 3.05) is 0 Å². The van der Waals surface area contributed by atoms with Crippen LogP contribution < -0.4 is 10.5 Å². The van der Waals surface area contributed by atoms with E-state index >= 15 is 0 Å². The largest absolute Gasteiger partial charge is 0.487 e. The molecule has 2 rings (SSSR count). The van der Waals surface area contributed by atoms with E-state index in [0.717, 1.165) is 25.0 Å². The molecule has 2 N–H and O–H groups in total. The Morgan fingerprint density at radius 1 is 1.32 bits per heavy atom. The summed E-state index contributed by atoms with van der Waals surface area (Å²) in [5.41, 5.74) is 5.59. The number of hydrogen-bond donors (Lipinski definition) is 1. The van der Waals surface area contributed by atoms with Crippen molar-refractivity contribution in [2.24, 2.45) is 5.73 Å². The van der Waals surface area contributed by atoms with Gasteiger partial charge in [0.1, 0.15) is 11.4 Å². The molecular formula is C14H18F3NO. The summed E-state index contributed by atoms with van der Waals surface area (Å²) in [6, 6.07) is 3.28. The molecule has 0 bridgehead atoms. The zero-order valence-corrected chi connectivity index (χ0v) is 11.1. The van der Waals surface area contributed by atoms with E-state index in [1.807, 2.05) is 13.8 Å². The van der Waals surface area contributed by atoms with Crippen molar-refractivity contribution in [1.82, 2.24) is 0 Å². The number of fused-ring (bicyclic) bond motifs is 1. The van der Waals surface area contributed by atoms with Gasteiger partial charge in [-0.1, -0.05) is 19.9 Å². The van der Waals surface area contributed by atoms with Gasteiger partial charge in [-0.05, 0) is 25.0 Å². The van der Waals surface area contributed by atoms with E-state index in [4.69, 9.17) is 10.5 Å². The quantitative estimate of drug-likeness (QED) is 0.882. The first-order chi connectivity index (χ1) is 8.81. The van der Waals surface area contributed by atoms with Crippen LogP contribution in [0.1, 0.15) is 50.3 Å². The highest BCUT2D eigenvalue weighted by molar-refractivity contribution is 5.42. The molecule has 0 saturated carbocycles. The molecule has 0 fully saturated rings. The molecule has 0 spiro atoms. The third-order valence-electron chi connectivity index (χ3n) is 3.95. The molecule has 0 radical (unpaired) electrons. The second kappa shape index (κ2) is 4.71. The van der Waals surface area contributed by atoms with Crippen molar-refractivity contribution in [1.29, 1.82) is 0 Å². The van der Waals surface area contributed by atoms with E-state index in [9.17, 15) is 13.2 Å². The summed E-state index contributed by atoms with van der Waals surface area (Å²) in [6.45, 7) is 3.93. The fourth-order valence-corrected chi connectivity index (χ4v) is 2.57. The summed E-state index contributed by atoms with van der Waals surface area (Å²) in [5.74, 6) is 0.275. The zero-order valence-electron chi connectivity index (χ0n) is 11.1. The first kappa shape index (κ1) is 14.2. The van der Waals surface area contributed by atoms with Crippen molar-refractivity contribution in [3.63, 3.8) is 0 Å². The van der Waals surface area contributed by atoms with Crippen LogP contribution in [0.3, 0.4) is 0 Å². The molecule has 0 aromatic heterocycles. The summed E-state index contributed by atoms with van der Waals surface area (Å²) in [5, 5.41) is 0. The van der Waals surface area contributed by atoms with Gasteiger partial charge < -0.3 is 10.5 Å². The van der Waals surface area contributed by atoms with Crippen LogP contribution in [0, 0.1) is 0 Å². The molecule has 0 saturated heterocycles. The van der Waals surface area contributed by atoms with E-state index in [2.05, 4.69) is 0 Å². The van der Waals surface area contributed by atoms with Gasteiger partial charge in [-0.2, -0.15) is 13.2 Å². The first-order valence-corrected chi connectivity index (χ1v) is 6.47. The first-order valence-electron chi connectivity index (χ1n) is 6.47. The molecule has 1 aliphatic heterocycles. The SMILES string of the molecule is CCC1(CC)C[C@@H](N)c2ccc(C(F)(F)F)cc2O1. The molecule has 0 unspecified atom stereocenters. The van der Waals surface area contributed by atoms with Crippen molar-refractivity contribution in [3.05, 3.63) is 29.3 Å². The van der Waals surface area contributed by atoms with Crippen LogP contribution in [-0.2, 0) is 6.18 Å². The molecule has 1 aromatic carbocycles. The van der Waals surface area contributed by atoms with Gasteiger partial charge in [0, 0.05) is 18.0 Å². The van der Waals surface area contributed by atoms with Crippen LogP contribution in [-0.4, -0.2) is 5.60 Å². The number of halogens is 3. The molecule has 1 aliphatic rings. The van der Waals surface area contributed by atoms with Gasteiger partial charge in [-0.15, -0.1) is 0 Å². The van der Waals surface area contributed by atoms with Crippen LogP contribution in [0.2, 0.25) is 0 Å². The summed E-state index contributed by atoms with van der Waals surface area (Å²) in [4.78, 5) is 0. The van der Waals surface area contributed by atoms with Crippen LogP contribution in [0.5, 0.6) is 5.75 Å². The third-order valence-corrected chi connectivity index (χ3v) is 3.95. The monoisotopic (exact) mass is 273 g/mol. The van der Waals surface area contributed by atoms with Gasteiger partial charge in [0.05, 0.1) is 5.56 Å². The highest BCUT2D eigenvalue weighted by atomic mass is 19.4. The molecular weight excluding hydrogens is 255 g/mol. The fourth-order valence-electron chi connectivity index (χ4n) is 2.57. The zero-order chi connectivity index (χ0) is 14.3. The maximum absolute atomic E-state index is 12.7. The van der Waals surface area contributed by atoms with E-state index in [0.29, 0.717) is 12.0 Å². The van der Waals surface area contributed by atoms with Gasteiger partial charge in [-0.25, -0.2) is 0 Å². The van der Waals surface area contributed by atoms with Gasteiger partial charge in [0.25, 0.3) is 0 Å². The highest BCUT2D eigenvalue weighted by Crippen LogP contribution is 2.43. The number of benzene rings is 1. The Labute approximate surface area is 110 Å². The number of rotatable bonds is 2. The van der Waals surface area contributed by atoms with E-state index in [-0.39, 0.29) is 11.8 Å². The molecule has 2 nitrogen and oxygen atoms in total. The molecule has 1 atom stereocenters. The molecule has 0 aliphatic carbocycles. The second-order valence-corrected chi connectivity index (χ2v) is 5.05. The van der Waals surface area contributed by atoms with E-state index in [1.54, 1.807) is 0 Å². The fraction of sp³-hybridized carbons (Fsp3) is 0.571. The van der Waals surface area contributed by atoms with E-state index in [1.165, 1.54) is 6.07 Å². The van der Waals surface area contributed by atoms with Crippen molar-refractivity contribution >= 4 is 0 Å². The van der Waals surface area contributed by atoms with Crippen molar-refractivity contribution in [2.45, 2.75) is 50.9 Å². The van der Waals surface area contributed by atoms with Crippen LogP contribution in [0.15, 0.2) is 18.2 Å². The lowest BCUT2D eigenvalue weighted by Gasteiger charge is -2.40. The lowest BCUT2D eigenvalue weighted by molar-refractivity contribution is -0.137. The molecule has 5 heteroatoms. The maximum atomic E-state index is 12.7. The molecule has 1 heterocycles. The van der Waals surface area contributed by atoms with Crippen LogP contribution in [0.25, 0.3) is 0 Å². The minimum Gasteiger partial charge on any atom is -0.487 e. The standard InChI is InChI=1S/C14H18F3NO/c1-3-13(4-2)8-11(18)10-6-5-9(14(15,16)17)7-12(10)19-13/h5-7,11H,3-4,8,18H2,1-2H3/t11-/m1/s1. The number of nitrogens with two attached hydrogens (primary N) is 1. The highest BCUT2D eigenvalue weighted by Gasteiger charge is 2.39. The Bertz CT molecular complexity index is 466. The van der Waals surface area contributed by atoms with Gasteiger partial charge in [-0.3, -0.25) is 0 Å². The van der Waals surface area contributed by atoms with Crippen molar-refractivity contribution in [3.8, 4) is 5.75 Å². The second-order valence-electron chi connectivity index (χ2n) is 5.05. The summed E-state index contributed by atoms with van der Waals surface area (Å²) >= 11 is 0. The van der Waals surface area contributed by atoms with Gasteiger partial charge in [0.2, 0.25) is 0 Å². The summed E-state index contributed by atoms with van der Waals surface area (Å²) < 4.78 is 44.0. The van der Waals surface area contributed by atoms with Crippen molar-refractivity contribution < 1.29 is 17.9 Å². The van der Waals surface area contributed by atoms with Gasteiger partial charge >= 0.3 is 6.18 Å². The minimum atomic E-state index is -4.36. The maximum Gasteiger partial charge on any atom is 0.416 e. The van der Waals surface area contributed by atoms with Crippen LogP contribution >= 0.6 is 0 Å². The Hall–Kier alpha value is -1.23. The topological polar surface area (TPSA) is 35.2 Å². The van der Waals surface area contributed by atoms with Crippen LogP contribution in [0.4, 0.5) is 13.2 Å². The molecule has 106 valence electrons. The Morgan fingerprint density at radius 3 is 2.47 bits per heavy atom. The average molecular weight is 273 g/mol. The van der Waals surface area contributed by atoms with E-state index < -0.39 is 17.3 Å². The number of hydrogen-bond acceptors (Lipinski definition) is 2. The molecule has 19 heavy (non-hydrogen) atoms. The number of ether oxygens (including phenoxy) is 1. The lowest BCUT2D eigenvalue weighted by Crippen LogP contribution is -2.42. The third kappa shape index (κ3) is 2.56. The lowest BCUT2D eigenvalue weighted by atomic mass is 9.83. The normalized spacial score (nSPS) is 21.7. The Balaban J connectivity index is 2.44. The predicted octanol–water partition coefficient (Wildman–Crippen LogP) is 4.05. The summed E-state index contributed by atoms with van der Waals surface area (Å²) in [7, 11) is 0. The molecule has 0 amide bonds. The minimum absolute atomic E-state index is 0.272. The smallest absolute Gasteiger partial charge is 0.416 e. The Morgan fingerprint density at radius 2 is 1.95 bits per heavy atom. The Kier molecular flexibility index (Phi) is 3.51.